The number of nitrogens with zero attached hydrogens (tertiary/aromatic N) is 2. The van der Waals surface area contributed by atoms with Gasteiger partial charge in [0.2, 0.25) is 0 Å². The second-order valence-electron chi connectivity index (χ2n) is 3.09. The summed E-state index contributed by atoms with van der Waals surface area (Å²) in [5.74, 6) is -0.986. The van der Waals surface area contributed by atoms with Gasteiger partial charge in [0, 0.05) is 5.52 Å². The van der Waals surface area contributed by atoms with E-state index in [0.29, 0.717) is 5.56 Å². The Balaban J connectivity index is 2.79. The quantitative estimate of drug-likeness (QED) is 0.721. The average molecular weight is 212 g/mol. The van der Waals surface area contributed by atoms with Crippen LogP contribution in [0.3, 0.4) is 0 Å². The number of rotatable bonds is 1. The zero-order chi connectivity index (χ0) is 11.0. The lowest BCUT2D eigenvalue weighted by atomic mass is 10.2. The van der Waals surface area contributed by atoms with Crippen LogP contribution in [0.15, 0.2) is 24.3 Å². The number of carbonyl (C=O) groups is 1. The third-order valence-corrected chi connectivity index (χ3v) is 2.75. The third kappa shape index (κ3) is 1.51. The highest BCUT2D eigenvalue weighted by atomic mass is 27.1. The molecule has 70 valence electrons. The first-order valence-corrected chi connectivity index (χ1v) is 4.69. The van der Waals surface area contributed by atoms with Gasteiger partial charge in [-0.1, -0.05) is 6.07 Å². The van der Waals surface area contributed by atoms with E-state index in [1.807, 2.05) is 6.07 Å². The van der Waals surface area contributed by atoms with E-state index in [9.17, 15) is 4.79 Å². The van der Waals surface area contributed by atoms with Crippen molar-refractivity contribution < 1.29 is 9.90 Å². The number of nitriles is 1. The van der Waals surface area contributed by atoms with Crippen molar-refractivity contribution in [3.63, 3.8) is 0 Å². The van der Waals surface area contributed by atoms with Gasteiger partial charge in [0.05, 0.1) is 11.6 Å². The number of benzene rings is 1. The minimum atomic E-state index is -0.986. The predicted octanol–water partition coefficient (Wildman–Crippen LogP) is 1.14. The highest BCUT2D eigenvalue weighted by Crippen LogP contribution is 2.19. The average Bonchev–Trinajstić information content (AvgIpc) is 2.56. The van der Waals surface area contributed by atoms with Crippen molar-refractivity contribution in [3.05, 3.63) is 35.5 Å². The predicted molar refractivity (Wildman–Crippen MR) is 54.8 cm³/mol. The van der Waals surface area contributed by atoms with Crippen molar-refractivity contribution in [1.82, 2.24) is 3.55 Å². The summed E-state index contributed by atoms with van der Waals surface area (Å²) in [6, 6.07) is 8.65. The molecule has 5 heteroatoms. The Hall–Kier alpha value is -1.75. The van der Waals surface area contributed by atoms with Crippen LogP contribution in [0.4, 0.5) is 0 Å². The molecule has 4 nitrogen and oxygen atoms in total. The molecule has 1 aromatic heterocycles. The fourth-order valence-electron chi connectivity index (χ4n) is 1.46. The molecule has 0 aliphatic carbocycles. The first kappa shape index (κ1) is 9.79. The number of aromatic carboxylic acids is 1. The Bertz CT molecular complexity index is 595. The summed E-state index contributed by atoms with van der Waals surface area (Å²) in [5.41, 5.74) is 1.42. The maximum atomic E-state index is 10.8. The second kappa shape index (κ2) is 3.43. The lowest BCUT2D eigenvalue weighted by Gasteiger charge is -2.00. The van der Waals surface area contributed by atoms with Crippen LogP contribution in [0.2, 0.25) is 0 Å². The zero-order valence-electron chi connectivity index (χ0n) is 7.64. The molecular weight excluding hydrogens is 207 g/mol. The molecule has 1 heterocycles. The van der Waals surface area contributed by atoms with Gasteiger partial charge in [-0.05, 0) is 23.6 Å². The van der Waals surface area contributed by atoms with Crippen LogP contribution >= 0.6 is 0 Å². The Labute approximate surface area is 94.0 Å². The van der Waals surface area contributed by atoms with E-state index in [0.717, 1.165) is 10.9 Å². The zero-order valence-corrected chi connectivity index (χ0v) is 8.79. The second-order valence-corrected chi connectivity index (χ2v) is 3.61. The topological polar surface area (TPSA) is 66.0 Å². The molecule has 0 bridgehead atoms. The van der Waals surface area contributed by atoms with Crippen LogP contribution < -0.4 is 0 Å². The van der Waals surface area contributed by atoms with Gasteiger partial charge in [-0.15, -0.1) is 0 Å². The molecule has 0 saturated heterocycles. The number of hydrogen-bond acceptors (Lipinski definition) is 2. The van der Waals surface area contributed by atoms with Gasteiger partial charge in [-0.3, -0.25) is 0 Å². The summed E-state index contributed by atoms with van der Waals surface area (Å²) < 4.78 is 1.48. The SMILES string of the molecule is N#Cc1ccc2cc(C(=O)O)[n]([Al])c2c1. The van der Waals surface area contributed by atoms with Gasteiger partial charge >= 0.3 is 22.5 Å². The Morgan fingerprint density at radius 1 is 1.47 bits per heavy atom. The van der Waals surface area contributed by atoms with E-state index in [4.69, 9.17) is 10.4 Å². The van der Waals surface area contributed by atoms with Crippen LogP contribution in [0, 0.1) is 11.3 Å². The summed E-state index contributed by atoms with van der Waals surface area (Å²) in [7, 11) is 0. The van der Waals surface area contributed by atoms with Crippen LogP contribution in [0.1, 0.15) is 16.1 Å². The van der Waals surface area contributed by atoms with Crippen molar-refractivity contribution in [2.75, 3.05) is 0 Å². The molecule has 0 aliphatic heterocycles. The van der Waals surface area contributed by atoms with Gasteiger partial charge in [0.25, 0.3) is 0 Å². The summed E-state index contributed by atoms with van der Waals surface area (Å²) in [4.78, 5) is 10.8. The monoisotopic (exact) mass is 212 g/mol. The third-order valence-electron chi connectivity index (χ3n) is 2.19. The number of aromatic nitrogens is 1. The number of hydrogen-bond donors (Lipinski definition) is 1. The molecule has 1 aromatic carbocycles. The molecule has 0 aliphatic rings. The lowest BCUT2D eigenvalue weighted by Crippen LogP contribution is -2.05. The molecule has 2 aromatic rings. The number of carboxylic acid groups (broad SMARTS) is 1. The van der Waals surface area contributed by atoms with Gasteiger partial charge in [-0.2, -0.15) is 5.26 Å². The molecule has 0 atom stereocenters. The fraction of sp³-hybridized carbons (Fsp3) is 0. The molecule has 0 amide bonds. The van der Waals surface area contributed by atoms with E-state index >= 15 is 0 Å². The Kier molecular flexibility index (Phi) is 2.24. The van der Waals surface area contributed by atoms with Crippen LogP contribution in [0.5, 0.6) is 0 Å². The van der Waals surface area contributed by atoms with E-state index in [2.05, 4.69) is 16.5 Å². The Morgan fingerprint density at radius 3 is 2.80 bits per heavy atom. The smallest absolute Gasteiger partial charge is 0.350 e. The van der Waals surface area contributed by atoms with Crippen LogP contribution in [-0.4, -0.2) is 31.1 Å². The highest BCUT2D eigenvalue weighted by molar-refractivity contribution is 6.15. The van der Waals surface area contributed by atoms with Crippen molar-refractivity contribution >= 4 is 33.4 Å². The van der Waals surface area contributed by atoms with Gasteiger partial charge < -0.3 is 8.66 Å². The fourth-order valence-corrected chi connectivity index (χ4v) is 1.86. The first-order valence-electron chi connectivity index (χ1n) is 4.17. The van der Waals surface area contributed by atoms with Crippen LogP contribution in [-0.2, 0) is 0 Å². The maximum absolute atomic E-state index is 10.8. The molecule has 0 saturated carbocycles. The van der Waals surface area contributed by atoms with Crippen molar-refractivity contribution in [2.24, 2.45) is 0 Å². The van der Waals surface area contributed by atoms with E-state index in [1.165, 1.54) is 3.55 Å². The summed E-state index contributed by atoms with van der Waals surface area (Å²) >= 11 is 2.33. The summed E-state index contributed by atoms with van der Waals surface area (Å²) in [6.45, 7) is 0. The molecule has 0 spiro atoms. The van der Waals surface area contributed by atoms with Gasteiger partial charge in [0.15, 0.2) is 0 Å². The van der Waals surface area contributed by atoms with Crippen molar-refractivity contribution in [1.29, 1.82) is 5.26 Å². The maximum Gasteiger partial charge on any atom is 0.350 e. The molecular formula is C10H5AlN2O2. The van der Waals surface area contributed by atoms with Gasteiger partial charge in [0.1, 0.15) is 5.69 Å². The highest BCUT2D eigenvalue weighted by Gasteiger charge is 2.10. The van der Waals surface area contributed by atoms with Crippen LogP contribution in [0.25, 0.3) is 10.9 Å². The Morgan fingerprint density at radius 2 is 2.20 bits per heavy atom. The molecule has 0 fully saturated rings. The minimum absolute atomic E-state index is 0.185. The normalized spacial score (nSPS) is 10.1. The summed E-state index contributed by atoms with van der Waals surface area (Å²) in [5, 5.41) is 18.4. The molecule has 15 heavy (non-hydrogen) atoms. The first-order chi connectivity index (χ1) is 7.13. The van der Waals surface area contributed by atoms with E-state index in [1.54, 1.807) is 24.3 Å². The number of fused-ring (bicyclic) bond motifs is 1. The molecule has 0 unspecified atom stereocenters. The minimum Gasteiger partial charge on any atom is -0.477 e. The van der Waals surface area contributed by atoms with E-state index in [-0.39, 0.29) is 5.69 Å². The molecule has 2 rings (SSSR count). The molecule has 1 N–H and O–H groups in total. The van der Waals surface area contributed by atoms with Crippen molar-refractivity contribution in [3.8, 4) is 6.07 Å². The van der Waals surface area contributed by atoms with Gasteiger partial charge in [-0.25, -0.2) is 4.79 Å². The standard InChI is InChI=1S/C10H6N2O2.Al/c11-5-6-1-2-7-4-9(10(13)14)12-8(7)3-6;/h1-4,11H,(H,13,14);/q;+1/p-1. The van der Waals surface area contributed by atoms with Crippen molar-refractivity contribution in [2.45, 2.75) is 0 Å². The number of carboxylic acids is 1. The largest absolute Gasteiger partial charge is 0.477 e. The van der Waals surface area contributed by atoms with E-state index < -0.39 is 5.97 Å². The molecule has 2 radical (unpaired) electrons. The lowest BCUT2D eigenvalue weighted by molar-refractivity contribution is 0.0690. The summed E-state index contributed by atoms with van der Waals surface area (Å²) in [6.07, 6.45) is 0.